The monoisotopic (exact) mass is 345 g/mol. The van der Waals surface area contributed by atoms with E-state index in [9.17, 15) is 9.90 Å². The van der Waals surface area contributed by atoms with Crippen molar-refractivity contribution >= 4 is 14.2 Å². The average Bonchev–Trinajstić information content (AvgIpc) is 2.92. The number of rotatable bonds is 6. The van der Waals surface area contributed by atoms with E-state index in [-0.39, 0.29) is 29.8 Å². The maximum atomic E-state index is 12.2. The second-order valence-electron chi connectivity index (χ2n) is 8.07. The molecule has 0 aromatic rings. The molecule has 7 heteroatoms. The maximum absolute atomic E-state index is 12.2. The molecule has 0 aromatic heterocycles. The summed E-state index contributed by atoms with van der Waals surface area (Å²) in [5.74, 6) is 0.0846. The summed E-state index contributed by atoms with van der Waals surface area (Å²) in [7, 11) is -0.377. The largest absolute Gasteiger partial charge is 0.415 e. The van der Waals surface area contributed by atoms with Gasteiger partial charge in [0, 0.05) is 13.5 Å². The lowest BCUT2D eigenvalue weighted by Gasteiger charge is -2.38. The number of hydrogen-bond donors (Lipinski definition) is 1. The molecule has 0 saturated carbocycles. The Labute approximate surface area is 140 Å². The summed E-state index contributed by atoms with van der Waals surface area (Å²) >= 11 is 0. The molecule has 2 saturated heterocycles. The number of fused-ring (bicyclic) bond motifs is 1. The molecule has 0 bridgehead atoms. The van der Waals surface area contributed by atoms with Crippen molar-refractivity contribution in [2.45, 2.75) is 76.0 Å². The Hall–Kier alpha value is -0.473. The lowest BCUT2D eigenvalue weighted by Crippen LogP contribution is -2.48. The molecule has 1 N–H and O–H groups in total. The highest BCUT2D eigenvalue weighted by atomic mass is 28.4. The van der Waals surface area contributed by atoms with Gasteiger partial charge in [0.15, 0.2) is 8.32 Å². The number of methoxy groups -OCH3 is 1. The van der Waals surface area contributed by atoms with Crippen LogP contribution < -0.4 is 0 Å². The second kappa shape index (κ2) is 6.80. The van der Waals surface area contributed by atoms with Gasteiger partial charge in [0.2, 0.25) is 5.91 Å². The van der Waals surface area contributed by atoms with E-state index in [1.54, 1.807) is 12.0 Å². The second-order valence-corrected chi connectivity index (χ2v) is 12.9. The van der Waals surface area contributed by atoms with Crippen LogP contribution in [0.5, 0.6) is 0 Å². The van der Waals surface area contributed by atoms with Crippen molar-refractivity contribution < 1.29 is 23.8 Å². The molecular weight excluding hydrogens is 314 g/mol. The number of aliphatic hydroxyl groups excluding tert-OH is 1. The molecule has 23 heavy (non-hydrogen) atoms. The first-order valence-electron chi connectivity index (χ1n) is 8.34. The Balaban J connectivity index is 2.09. The van der Waals surface area contributed by atoms with Crippen LogP contribution in [0.4, 0.5) is 0 Å². The van der Waals surface area contributed by atoms with E-state index in [2.05, 4.69) is 33.9 Å². The van der Waals surface area contributed by atoms with Gasteiger partial charge in [0.25, 0.3) is 0 Å². The van der Waals surface area contributed by atoms with Crippen molar-refractivity contribution in [3.8, 4) is 0 Å². The first kappa shape index (κ1) is 18.9. The Morgan fingerprint density at radius 2 is 2.00 bits per heavy atom. The first-order valence-corrected chi connectivity index (χ1v) is 11.2. The fourth-order valence-electron chi connectivity index (χ4n) is 3.13. The predicted octanol–water partition coefficient (Wildman–Crippen LogP) is 1.73. The van der Waals surface area contributed by atoms with Gasteiger partial charge in [0.05, 0.1) is 18.7 Å². The molecule has 0 radical (unpaired) electrons. The summed E-state index contributed by atoms with van der Waals surface area (Å²) in [4.78, 5) is 14.0. The minimum Gasteiger partial charge on any atom is -0.415 e. The molecule has 2 heterocycles. The van der Waals surface area contributed by atoms with Gasteiger partial charge in [0.1, 0.15) is 19.0 Å². The fraction of sp³-hybridized carbons (Fsp3) is 0.938. The molecule has 0 spiro atoms. The number of aliphatic hydroxyl groups is 1. The third-order valence-corrected chi connectivity index (χ3v) is 10.1. The highest BCUT2D eigenvalue weighted by Gasteiger charge is 2.54. The van der Waals surface area contributed by atoms with Crippen LogP contribution in [-0.2, 0) is 18.7 Å². The molecular formula is C16H31NO5Si. The van der Waals surface area contributed by atoms with Gasteiger partial charge in [-0.05, 0) is 24.6 Å². The summed E-state index contributed by atoms with van der Waals surface area (Å²) < 4.78 is 16.9. The Morgan fingerprint density at radius 1 is 1.35 bits per heavy atom. The van der Waals surface area contributed by atoms with Gasteiger partial charge in [-0.25, -0.2) is 0 Å². The van der Waals surface area contributed by atoms with Gasteiger partial charge in [-0.15, -0.1) is 0 Å². The number of carbonyl (C=O) groups is 1. The van der Waals surface area contributed by atoms with Crippen molar-refractivity contribution in [1.82, 2.24) is 4.90 Å². The summed E-state index contributed by atoms with van der Waals surface area (Å²) in [6.07, 6.45) is 0.111. The van der Waals surface area contributed by atoms with E-state index in [1.165, 1.54) is 0 Å². The maximum Gasteiger partial charge on any atom is 0.223 e. The van der Waals surface area contributed by atoms with Crippen LogP contribution in [0.3, 0.4) is 0 Å². The van der Waals surface area contributed by atoms with Crippen LogP contribution >= 0.6 is 0 Å². The third kappa shape index (κ3) is 3.63. The summed E-state index contributed by atoms with van der Waals surface area (Å²) in [5.41, 5.74) is 0. The number of nitrogens with zero attached hydrogens (tertiary/aromatic N) is 1. The van der Waals surface area contributed by atoms with E-state index in [4.69, 9.17) is 13.9 Å². The Bertz CT molecular complexity index is 437. The molecule has 0 aliphatic carbocycles. The zero-order valence-electron chi connectivity index (χ0n) is 15.2. The van der Waals surface area contributed by atoms with Crippen LogP contribution in [0.2, 0.25) is 18.1 Å². The van der Waals surface area contributed by atoms with Crippen LogP contribution in [0.15, 0.2) is 0 Å². The molecule has 2 aliphatic rings. The van der Waals surface area contributed by atoms with E-state index in [1.807, 2.05) is 0 Å². The zero-order valence-corrected chi connectivity index (χ0v) is 16.2. The highest BCUT2D eigenvalue weighted by molar-refractivity contribution is 6.74. The van der Waals surface area contributed by atoms with Crippen molar-refractivity contribution in [2.75, 3.05) is 20.5 Å². The van der Waals surface area contributed by atoms with Crippen LogP contribution in [0, 0.1) is 0 Å². The van der Waals surface area contributed by atoms with Crippen molar-refractivity contribution in [3.05, 3.63) is 0 Å². The van der Waals surface area contributed by atoms with E-state index >= 15 is 0 Å². The average molecular weight is 346 g/mol. The molecule has 2 aliphatic heterocycles. The smallest absolute Gasteiger partial charge is 0.223 e. The molecule has 0 aromatic carbocycles. The third-order valence-electron chi connectivity index (χ3n) is 5.57. The first-order chi connectivity index (χ1) is 10.6. The van der Waals surface area contributed by atoms with E-state index < -0.39 is 20.5 Å². The van der Waals surface area contributed by atoms with E-state index in [0.717, 1.165) is 6.42 Å². The number of amides is 1. The number of ether oxygens (including phenoxy) is 2. The van der Waals surface area contributed by atoms with Crippen LogP contribution in [0.1, 0.15) is 33.6 Å². The standard InChI is InChI=1S/C16H31NO5Si/c1-16(2,3)23(5,6)22-9-12-14(19)15(21-10-20-4)11-7-8-13(18)17(11)12/h11-12,14-15,19H,7-10H2,1-6H3/t11-,12-,14-,15+/m1/s1. The van der Waals surface area contributed by atoms with Gasteiger partial charge >= 0.3 is 0 Å². The van der Waals surface area contributed by atoms with E-state index in [0.29, 0.717) is 13.0 Å². The minimum absolute atomic E-state index is 0.0688. The summed E-state index contributed by atoms with van der Waals surface area (Å²) in [6.45, 7) is 11.4. The van der Waals surface area contributed by atoms with Crippen LogP contribution in [-0.4, -0.2) is 69.0 Å². The van der Waals surface area contributed by atoms with Crippen molar-refractivity contribution in [2.24, 2.45) is 0 Å². The molecule has 134 valence electrons. The molecule has 4 atom stereocenters. The van der Waals surface area contributed by atoms with Crippen molar-refractivity contribution in [3.63, 3.8) is 0 Å². The van der Waals surface area contributed by atoms with Gasteiger partial charge in [-0.3, -0.25) is 4.79 Å². The van der Waals surface area contributed by atoms with Gasteiger partial charge in [-0.2, -0.15) is 0 Å². The molecule has 0 unspecified atom stereocenters. The van der Waals surface area contributed by atoms with Crippen LogP contribution in [0.25, 0.3) is 0 Å². The number of carbonyl (C=O) groups excluding carboxylic acids is 1. The molecule has 1 amide bonds. The fourth-order valence-corrected chi connectivity index (χ4v) is 4.15. The Morgan fingerprint density at radius 3 is 2.57 bits per heavy atom. The van der Waals surface area contributed by atoms with Crippen molar-refractivity contribution in [1.29, 1.82) is 0 Å². The molecule has 2 fully saturated rings. The Kier molecular flexibility index (Phi) is 5.57. The molecule has 6 nitrogen and oxygen atoms in total. The lowest BCUT2D eigenvalue weighted by molar-refractivity contribution is -0.131. The normalized spacial score (nSPS) is 31.8. The summed E-state index contributed by atoms with van der Waals surface area (Å²) in [5, 5.41) is 10.8. The minimum atomic E-state index is -1.93. The predicted molar refractivity (Wildman–Crippen MR) is 89.6 cm³/mol. The van der Waals surface area contributed by atoms with Gasteiger partial charge in [-0.1, -0.05) is 20.8 Å². The summed E-state index contributed by atoms with van der Waals surface area (Å²) in [6, 6.07) is -0.397. The molecule has 2 rings (SSSR count). The van der Waals surface area contributed by atoms with Gasteiger partial charge < -0.3 is 23.9 Å². The quantitative estimate of drug-likeness (QED) is 0.586. The SMILES string of the molecule is COCO[C@@H]1[C@H](O)[C@@H](CO[Si](C)(C)C(C)(C)C)N2C(=O)CC[C@H]12. The number of hydrogen-bond acceptors (Lipinski definition) is 5. The lowest BCUT2D eigenvalue weighted by atomic mass is 10.0. The zero-order chi connectivity index (χ0) is 17.4. The topological polar surface area (TPSA) is 68.2 Å². The highest BCUT2D eigenvalue weighted by Crippen LogP contribution is 2.39.